The minimum atomic E-state index is -4.58. The predicted molar refractivity (Wildman–Crippen MR) is 97.0 cm³/mol. The van der Waals surface area contributed by atoms with Crippen LogP contribution >= 0.6 is 0 Å². The molecule has 0 radical (unpaired) electrons. The van der Waals surface area contributed by atoms with Crippen LogP contribution in [0.3, 0.4) is 0 Å². The van der Waals surface area contributed by atoms with E-state index >= 15 is 0 Å². The number of aliphatic hydroxyl groups excluding tert-OH is 1. The average molecular weight is 410 g/mol. The predicted octanol–water partition coefficient (Wildman–Crippen LogP) is -0.343. The fourth-order valence-corrected chi connectivity index (χ4v) is 2.76. The third kappa shape index (κ3) is 6.66. The van der Waals surface area contributed by atoms with Crippen LogP contribution in [0.15, 0.2) is 83.0 Å². The van der Waals surface area contributed by atoms with Crippen molar-refractivity contribution in [2.24, 2.45) is 0 Å². The number of ketones is 1. The summed E-state index contributed by atoms with van der Waals surface area (Å²) >= 11 is 0. The zero-order chi connectivity index (χ0) is 20.0. The van der Waals surface area contributed by atoms with Gasteiger partial charge in [-0.15, -0.1) is 0 Å². The Labute approximate surface area is 184 Å². The molecule has 0 bridgehead atoms. The first-order valence-corrected chi connectivity index (χ1v) is 8.96. The van der Waals surface area contributed by atoms with Crippen LogP contribution in [0.25, 0.3) is 6.08 Å². The number of allylic oxidation sites excluding steroid dienone is 4. The molecule has 0 unspecified atom stereocenters. The van der Waals surface area contributed by atoms with Crippen LogP contribution in [0.2, 0.25) is 0 Å². The van der Waals surface area contributed by atoms with Gasteiger partial charge >= 0.3 is 29.6 Å². The Morgan fingerprint density at radius 1 is 0.857 bits per heavy atom. The van der Waals surface area contributed by atoms with E-state index in [1.165, 1.54) is 48.6 Å². The molecule has 0 saturated heterocycles. The van der Waals surface area contributed by atoms with E-state index in [1.807, 2.05) is 0 Å². The van der Waals surface area contributed by atoms with Crippen LogP contribution in [-0.4, -0.2) is 34.1 Å². The van der Waals surface area contributed by atoms with Crippen LogP contribution in [0.4, 0.5) is 0 Å². The first-order valence-electron chi connectivity index (χ1n) is 7.55. The Kier molecular flexibility index (Phi) is 8.67. The summed E-state index contributed by atoms with van der Waals surface area (Å²) in [7, 11) is -4.58. The first-order chi connectivity index (χ1) is 12.7. The maximum atomic E-state index is 11.1. The Morgan fingerprint density at radius 2 is 1.39 bits per heavy atom. The van der Waals surface area contributed by atoms with Crippen molar-refractivity contribution < 1.29 is 62.6 Å². The maximum absolute atomic E-state index is 11.1. The van der Waals surface area contributed by atoms with Gasteiger partial charge in [-0.3, -0.25) is 4.79 Å². The van der Waals surface area contributed by atoms with E-state index in [0.717, 1.165) is 6.08 Å². The number of rotatable bonds is 2. The number of para-hydroxylation sites is 2. The zero-order valence-electron chi connectivity index (χ0n) is 14.8. The summed E-state index contributed by atoms with van der Waals surface area (Å²) in [6, 6.07) is 11.8. The fourth-order valence-electron chi connectivity index (χ4n) is 2.10. The molecular weight excluding hydrogens is 395 g/mol. The van der Waals surface area contributed by atoms with Crippen molar-refractivity contribution in [3.8, 4) is 11.5 Å². The number of carbonyl (C=O) groups excluding carboxylic acids is 1. The van der Waals surface area contributed by atoms with E-state index in [0.29, 0.717) is 5.57 Å². The van der Waals surface area contributed by atoms with Crippen molar-refractivity contribution in [2.75, 3.05) is 0 Å². The van der Waals surface area contributed by atoms with Crippen molar-refractivity contribution in [1.29, 1.82) is 0 Å². The molecule has 0 atom stereocenters. The van der Waals surface area contributed by atoms with Gasteiger partial charge in [0.25, 0.3) is 0 Å². The average Bonchev–Trinajstić information content (AvgIpc) is 2.61. The second-order valence-electron chi connectivity index (χ2n) is 5.35. The van der Waals surface area contributed by atoms with Gasteiger partial charge in [0.1, 0.15) is 10.1 Å². The van der Waals surface area contributed by atoms with E-state index in [2.05, 4.69) is 0 Å². The third-order valence-electron chi connectivity index (χ3n) is 3.38. The molecule has 0 aromatic heterocycles. The van der Waals surface area contributed by atoms with Gasteiger partial charge in [-0.25, -0.2) is 8.42 Å². The van der Waals surface area contributed by atoms with Crippen LogP contribution < -0.4 is 29.6 Å². The summed E-state index contributed by atoms with van der Waals surface area (Å²) in [6.07, 6.45) is 5.20. The van der Waals surface area contributed by atoms with Crippen molar-refractivity contribution in [1.82, 2.24) is 0 Å². The molecule has 0 spiro atoms. The third-order valence-corrected chi connectivity index (χ3v) is 4.29. The summed E-state index contributed by atoms with van der Waals surface area (Å²) in [6.45, 7) is 0. The standard InChI is InChI=1S/C13H10O5S.C6H6O2.Na/c14-11-6-5-9(8-12(11)15)7-10-3-1-2-4-13(10)19(16,17)18;7-5-3-1-2-4-6(5)8;/h1-8,15H,(H,16,17,18);1-4,7-8H;/q;;+1/p-1/b9-7+;;. The Balaban J connectivity index is 0.000000367. The molecule has 3 N–H and O–H groups in total. The number of phenols is 2. The number of aromatic hydroxyl groups is 2. The SMILES string of the molecule is O=C1C=C/C(=C\c2ccccc2S(=O)(=O)[O-])C=C1O.Oc1ccccc1O.[Na+]. The quantitative estimate of drug-likeness (QED) is 0.350. The van der Waals surface area contributed by atoms with Crippen LogP contribution in [0.5, 0.6) is 11.5 Å². The van der Waals surface area contributed by atoms with Gasteiger partial charge in [-0.05, 0) is 47.6 Å². The molecular formula is C19H15NaO7S. The monoisotopic (exact) mass is 410 g/mol. The van der Waals surface area contributed by atoms with E-state index in [1.54, 1.807) is 18.2 Å². The van der Waals surface area contributed by atoms with Crippen LogP contribution in [-0.2, 0) is 14.9 Å². The molecule has 7 nitrogen and oxygen atoms in total. The molecule has 2 aromatic rings. The van der Waals surface area contributed by atoms with Crippen molar-refractivity contribution >= 4 is 22.0 Å². The molecule has 0 heterocycles. The fraction of sp³-hybridized carbons (Fsp3) is 0. The number of hydrogen-bond donors (Lipinski definition) is 3. The molecule has 28 heavy (non-hydrogen) atoms. The van der Waals surface area contributed by atoms with Crippen molar-refractivity contribution in [3.63, 3.8) is 0 Å². The number of phenolic OH excluding ortho intramolecular Hbond substituents is 2. The Hall–Kier alpha value is -2.36. The minimum absolute atomic E-state index is 0. The van der Waals surface area contributed by atoms with E-state index in [9.17, 15) is 22.9 Å². The molecule has 3 rings (SSSR count). The van der Waals surface area contributed by atoms with Gasteiger partial charge in [0.15, 0.2) is 17.3 Å². The summed E-state index contributed by atoms with van der Waals surface area (Å²) in [5, 5.41) is 26.6. The van der Waals surface area contributed by atoms with Crippen molar-refractivity contribution in [3.05, 3.63) is 83.7 Å². The summed E-state index contributed by atoms with van der Waals surface area (Å²) < 4.78 is 33.3. The van der Waals surface area contributed by atoms with Gasteiger partial charge in [0.2, 0.25) is 5.78 Å². The van der Waals surface area contributed by atoms with Crippen molar-refractivity contribution in [2.45, 2.75) is 4.90 Å². The number of carbonyl (C=O) groups is 1. The molecule has 1 aliphatic carbocycles. The molecule has 140 valence electrons. The second kappa shape index (κ2) is 10.3. The smallest absolute Gasteiger partial charge is 0.744 e. The minimum Gasteiger partial charge on any atom is -0.744 e. The molecule has 0 fully saturated rings. The topological polar surface area (TPSA) is 135 Å². The van der Waals surface area contributed by atoms with Gasteiger partial charge in [0.05, 0.1) is 4.90 Å². The largest absolute Gasteiger partial charge is 1.00 e. The first kappa shape index (κ1) is 23.7. The number of hydrogen-bond acceptors (Lipinski definition) is 7. The Bertz CT molecular complexity index is 1030. The summed E-state index contributed by atoms with van der Waals surface area (Å²) in [4.78, 5) is 10.7. The van der Waals surface area contributed by atoms with E-state index < -0.39 is 21.7 Å². The molecule has 0 saturated carbocycles. The van der Waals surface area contributed by atoms with E-state index in [-0.39, 0.29) is 51.5 Å². The maximum Gasteiger partial charge on any atom is 1.00 e. The molecule has 2 aromatic carbocycles. The summed E-state index contributed by atoms with van der Waals surface area (Å²) in [5.41, 5.74) is 0.628. The normalized spacial score (nSPS) is 14.5. The molecule has 0 amide bonds. The second-order valence-corrected chi connectivity index (χ2v) is 6.70. The van der Waals surface area contributed by atoms with Gasteiger partial charge in [-0.2, -0.15) is 0 Å². The van der Waals surface area contributed by atoms with Crippen LogP contribution in [0, 0.1) is 0 Å². The Morgan fingerprint density at radius 3 is 1.89 bits per heavy atom. The van der Waals surface area contributed by atoms with Crippen LogP contribution in [0.1, 0.15) is 5.56 Å². The number of benzene rings is 2. The van der Waals surface area contributed by atoms with Gasteiger partial charge in [-0.1, -0.05) is 36.4 Å². The zero-order valence-corrected chi connectivity index (χ0v) is 17.6. The molecule has 0 aliphatic heterocycles. The van der Waals surface area contributed by atoms with Gasteiger partial charge in [0, 0.05) is 0 Å². The number of aliphatic hydroxyl groups is 1. The van der Waals surface area contributed by atoms with Gasteiger partial charge < -0.3 is 19.9 Å². The summed E-state index contributed by atoms with van der Waals surface area (Å²) in [5.74, 6) is -1.11. The molecule has 1 aliphatic rings. The molecule has 9 heteroatoms. The van der Waals surface area contributed by atoms with E-state index in [4.69, 9.17) is 10.2 Å².